The minimum atomic E-state index is -0.129. The number of benzene rings is 2. The third kappa shape index (κ3) is 4.14. The Balaban J connectivity index is 1.55. The van der Waals surface area contributed by atoms with Crippen molar-refractivity contribution in [3.8, 4) is 16.6 Å². The number of thiazole rings is 1. The van der Waals surface area contributed by atoms with E-state index < -0.39 is 0 Å². The molecule has 176 valence electrons. The topological polar surface area (TPSA) is 78.3 Å². The Morgan fingerprint density at radius 2 is 2.00 bits per heavy atom. The lowest BCUT2D eigenvalue weighted by molar-refractivity contribution is -0.116. The van der Waals surface area contributed by atoms with Crippen LogP contribution in [0.5, 0.6) is 11.5 Å². The van der Waals surface area contributed by atoms with Gasteiger partial charge in [-0.05, 0) is 50.1 Å². The summed E-state index contributed by atoms with van der Waals surface area (Å²) in [5.74, 6) is 1.97. The van der Waals surface area contributed by atoms with Crippen molar-refractivity contribution in [2.24, 2.45) is 0 Å². The molecule has 8 heteroatoms. The Labute approximate surface area is 202 Å². The van der Waals surface area contributed by atoms with E-state index in [1.807, 2.05) is 56.3 Å². The van der Waals surface area contributed by atoms with Gasteiger partial charge in [0.25, 0.3) is 0 Å². The first-order chi connectivity index (χ1) is 16.6. The number of hydrogen-bond donors (Lipinski definition) is 1. The second-order valence-electron chi connectivity index (χ2n) is 8.37. The summed E-state index contributed by atoms with van der Waals surface area (Å²) in [6.45, 7) is 7.27. The summed E-state index contributed by atoms with van der Waals surface area (Å²) in [5, 5.41) is 8.57. The third-order valence-corrected chi connectivity index (χ3v) is 7.00. The standard InChI is InChI=1S/C26H28N4O3S/c1-4-6-13-33-20-12-11-17(14-21(20)32-5-2)18-15-23(31)28-25-24(18)16(3)29-30(25)26-27-19-9-7-8-10-22(19)34-26/h7-12,14,18H,4-6,13,15H2,1-3H3,(H,28,31)/t18-/m1/s1. The highest BCUT2D eigenvalue weighted by molar-refractivity contribution is 7.20. The molecule has 1 aliphatic heterocycles. The molecule has 0 bridgehead atoms. The molecule has 2 aromatic heterocycles. The van der Waals surface area contributed by atoms with E-state index in [1.54, 1.807) is 16.0 Å². The number of unbranched alkanes of at least 4 members (excludes halogenated alkanes) is 1. The smallest absolute Gasteiger partial charge is 0.226 e. The van der Waals surface area contributed by atoms with Crippen LogP contribution in [0.25, 0.3) is 15.3 Å². The van der Waals surface area contributed by atoms with E-state index in [0.29, 0.717) is 31.2 Å². The van der Waals surface area contributed by atoms with E-state index >= 15 is 0 Å². The number of rotatable bonds is 8. The molecule has 1 aliphatic rings. The highest BCUT2D eigenvalue weighted by Gasteiger charge is 2.33. The number of nitrogens with zero attached hydrogens (tertiary/aromatic N) is 3. The zero-order valence-corrected chi connectivity index (χ0v) is 20.4. The molecule has 0 saturated heterocycles. The predicted octanol–water partition coefficient (Wildman–Crippen LogP) is 5.84. The quantitative estimate of drug-likeness (QED) is 0.323. The average Bonchev–Trinajstić information content (AvgIpc) is 3.40. The minimum Gasteiger partial charge on any atom is -0.490 e. The maximum absolute atomic E-state index is 12.8. The van der Waals surface area contributed by atoms with E-state index in [1.165, 1.54) is 0 Å². The maximum atomic E-state index is 12.8. The second kappa shape index (κ2) is 9.46. The molecule has 0 saturated carbocycles. The molecule has 4 aromatic rings. The van der Waals surface area contributed by atoms with Gasteiger partial charge in [0.15, 0.2) is 11.5 Å². The lowest BCUT2D eigenvalue weighted by atomic mass is 9.85. The van der Waals surface area contributed by atoms with Crippen LogP contribution in [0.4, 0.5) is 5.82 Å². The summed E-state index contributed by atoms with van der Waals surface area (Å²) < 4.78 is 14.7. The van der Waals surface area contributed by atoms with Crippen LogP contribution in [0.3, 0.4) is 0 Å². The number of para-hydroxylation sites is 1. The summed E-state index contributed by atoms with van der Waals surface area (Å²) in [6, 6.07) is 14.0. The van der Waals surface area contributed by atoms with Gasteiger partial charge in [-0.25, -0.2) is 4.98 Å². The van der Waals surface area contributed by atoms with Crippen molar-refractivity contribution in [2.45, 2.75) is 46.0 Å². The molecule has 34 heavy (non-hydrogen) atoms. The highest BCUT2D eigenvalue weighted by atomic mass is 32.1. The van der Waals surface area contributed by atoms with Crippen molar-refractivity contribution in [1.82, 2.24) is 14.8 Å². The minimum absolute atomic E-state index is 0.0407. The Morgan fingerprint density at radius 3 is 2.79 bits per heavy atom. The van der Waals surface area contributed by atoms with Crippen molar-refractivity contribution in [1.29, 1.82) is 0 Å². The van der Waals surface area contributed by atoms with Crippen molar-refractivity contribution in [3.05, 3.63) is 59.3 Å². The number of carbonyl (C=O) groups excluding carboxylic acids is 1. The largest absolute Gasteiger partial charge is 0.490 e. The fraction of sp³-hybridized carbons (Fsp3) is 0.346. The molecular weight excluding hydrogens is 448 g/mol. The fourth-order valence-electron chi connectivity index (χ4n) is 4.38. The Hall–Kier alpha value is -3.39. The molecule has 1 N–H and O–H groups in total. The van der Waals surface area contributed by atoms with Crippen LogP contribution in [-0.2, 0) is 4.79 Å². The number of ether oxygens (including phenoxy) is 2. The van der Waals surface area contributed by atoms with Crippen LogP contribution >= 0.6 is 11.3 Å². The summed E-state index contributed by atoms with van der Waals surface area (Å²) in [6.07, 6.45) is 2.41. The summed E-state index contributed by atoms with van der Waals surface area (Å²) >= 11 is 1.56. The number of aromatic nitrogens is 3. The van der Waals surface area contributed by atoms with Gasteiger partial charge >= 0.3 is 0 Å². The Kier molecular flexibility index (Phi) is 6.24. The number of amides is 1. The third-order valence-electron chi connectivity index (χ3n) is 5.99. The van der Waals surface area contributed by atoms with Gasteiger partial charge in [0.05, 0.1) is 29.1 Å². The normalized spacial score (nSPS) is 15.3. The Morgan fingerprint density at radius 1 is 1.15 bits per heavy atom. The summed E-state index contributed by atoms with van der Waals surface area (Å²) in [7, 11) is 0. The predicted molar refractivity (Wildman–Crippen MR) is 135 cm³/mol. The SMILES string of the molecule is CCCCOc1ccc([C@H]2CC(=O)Nc3c2c(C)nn3-c2nc3ccccc3s2)cc1OCC. The van der Waals surface area contributed by atoms with Crippen LogP contribution in [-0.4, -0.2) is 33.9 Å². The highest BCUT2D eigenvalue weighted by Crippen LogP contribution is 2.43. The van der Waals surface area contributed by atoms with Crippen LogP contribution in [0.2, 0.25) is 0 Å². The number of carbonyl (C=O) groups is 1. The van der Waals surface area contributed by atoms with Gasteiger partial charge in [0.1, 0.15) is 5.82 Å². The Bertz CT molecular complexity index is 1310. The first-order valence-corrected chi connectivity index (χ1v) is 12.6. The summed E-state index contributed by atoms with van der Waals surface area (Å²) in [5.41, 5.74) is 3.82. The van der Waals surface area contributed by atoms with Crippen LogP contribution in [0.1, 0.15) is 55.8 Å². The lowest BCUT2D eigenvalue weighted by Crippen LogP contribution is -2.25. The first kappa shape index (κ1) is 22.4. The van der Waals surface area contributed by atoms with Crippen molar-refractivity contribution >= 4 is 33.3 Å². The van der Waals surface area contributed by atoms with E-state index in [9.17, 15) is 4.79 Å². The molecule has 1 atom stereocenters. The number of aryl methyl sites for hydroxylation is 1. The maximum Gasteiger partial charge on any atom is 0.226 e. The summed E-state index contributed by atoms with van der Waals surface area (Å²) in [4.78, 5) is 17.5. The molecule has 0 unspecified atom stereocenters. The van der Waals surface area contributed by atoms with Crippen molar-refractivity contribution in [2.75, 3.05) is 18.5 Å². The van der Waals surface area contributed by atoms with Gasteiger partial charge in [-0.3, -0.25) is 4.79 Å². The van der Waals surface area contributed by atoms with E-state index in [-0.39, 0.29) is 11.8 Å². The van der Waals surface area contributed by atoms with E-state index in [2.05, 4.69) is 12.2 Å². The number of nitrogens with one attached hydrogen (secondary N) is 1. The fourth-order valence-corrected chi connectivity index (χ4v) is 5.30. The first-order valence-electron chi connectivity index (χ1n) is 11.7. The van der Waals surface area contributed by atoms with Crippen molar-refractivity contribution < 1.29 is 14.3 Å². The molecule has 0 aliphatic carbocycles. The second-order valence-corrected chi connectivity index (χ2v) is 9.38. The van der Waals surface area contributed by atoms with E-state index in [4.69, 9.17) is 19.6 Å². The number of hydrogen-bond acceptors (Lipinski definition) is 6. The van der Waals surface area contributed by atoms with Crippen LogP contribution in [0, 0.1) is 6.92 Å². The molecular formula is C26H28N4O3S. The molecule has 2 aromatic carbocycles. The molecule has 7 nitrogen and oxygen atoms in total. The molecule has 0 radical (unpaired) electrons. The number of fused-ring (bicyclic) bond motifs is 2. The molecule has 0 spiro atoms. The number of anilines is 1. The zero-order chi connectivity index (χ0) is 23.7. The van der Waals surface area contributed by atoms with Gasteiger partial charge in [-0.15, -0.1) is 0 Å². The average molecular weight is 477 g/mol. The van der Waals surface area contributed by atoms with Crippen LogP contribution < -0.4 is 14.8 Å². The van der Waals surface area contributed by atoms with Gasteiger partial charge in [0.2, 0.25) is 11.0 Å². The monoisotopic (exact) mass is 476 g/mol. The molecule has 3 heterocycles. The lowest BCUT2D eigenvalue weighted by Gasteiger charge is -2.25. The van der Waals surface area contributed by atoms with Gasteiger partial charge in [-0.1, -0.05) is 42.9 Å². The van der Waals surface area contributed by atoms with Gasteiger partial charge in [0, 0.05) is 17.9 Å². The van der Waals surface area contributed by atoms with Crippen molar-refractivity contribution in [3.63, 3.8) is 0 Å². The van der Waals surface area contributed by atoms with Gasteiger partial charge < -0.3 is 14.8 Å². The van der Waals surface area contributed by atoms with Gasteiger partial charge in [-0.2, -0.15) is 9.78 Å². The van der Waals surface area contributed by atoms with Crippen LogP contribution in [0.15, 0.2) is 42.5 Å². The zero-order valence-electron chi connectivity index (χ0n) is 19.6. The van der Waals surface area contributed by atoms with E-state index in [0.717, 1.165) is 50.8 Å². The molecule has 1 amide bonds. The molecule has 5 rings (SSSR count). The molecule has 0 fully saturated rings.